The normalized spacial score (nSPS) is 9.64. The molecule has 0 heterocycles. The number of nitrogens with one attached hydrogen (secondary N) is 1. The van der Waals surface area contributed by atoms with Crippen LogP contribution in [0.25, 0.3) is 0 Å². The molecule has 0 aliphatic rings. The first-order chi connectivity index (χ1) is 6.67. The highest BCUT2D eigenvalue weighted by Gasteiger charge is 2.03. The lowest BCUT2D eigenvalue weighted by atomic mass is 10.1. The highest BCUT2D eigenvalue weighted by Crippen LogP contribution is 2.18. The first-order valence-electron chi connectivity index (χ1n) is 4.19. The molecule has 1 rings (SSSR count). The lowest BCUT2D eigenvalue weighted by Gasteiger charge is -2.06. The molecule has 0 spiro atoms. The van der Waals surface area contributed by atoms with Gasteiger partial charge in [-0.25, -0.2) is 5.26 Å². The summed E-state index contributed by atoms with van der Waals surface area (Å²) in [4.78, 5) is 3.80. The van der Waals surface area contributed by atoms with Crippen LogP contribution >= 0.6 is 0 Å². The predicted molar refractivity (Wildman–Crippen MR) is 52.9 cm³/mol. The van der Waals surface area contributed by atoms with Gasteiger partial charge in [0.15, 0.2) is 0 Å². The number of aryl methyl sites for hydroxylation is 1. The van der Waals surface area contributed by atoms with Crippen molar-refractivity contribution in [3.05, 3.63) is 29.3 Å². The molecule has 0 saturated carbocycles. The van der Waals surface area contributed by atoms with E-state index in [1.807, 2.05) is 25.1 Å². The van der Waals surface area contributed by atoms with Crippen LogP contribution < -0.4 is 4.74 Å². The molecule has 0 amide bonds. The average Bonchev–Trinajstić information content (AvgIpc) is 2.18. The van der Waals surface area contributed by atoms with Crippen LogP contribution in [0.1, 0.15) is 11.1 Å². The molecule has 1 aromatic rings. The van der Waals surface area contributed by atoms with Crippen molar-refractivity contribution >= 4 is 5.90 Å². The Bertz CT molecular complexity index is 336. The minimum Gasteiger partial charge on any atom is -0.496 e. The van der Waals surface area contributed by atoms with Gasteiger partial charge in [0, 0.05) is 0 Å². The van der Waals surface area contributed by atoms with Gasteiger partial charge in [-0.2, -0.15) is 0 Å². The number of hydrogen-bond acceptors (Lipinski definition) is 4. The van der Waals surface area contributed by atoms with E-state index in [-0.39, 0.29) is 12.3 Å². The van der Waals surface area contributed by atoms with E-state index in [2.05, 4.69) is 4.89 Å². The van der Waals surface area contributed by atoms with Crippen molar-refractivity contribution in [3.8, 4) is 5.75 Å². The van der Waals surface area contributed by atoms with E-state index >= 15 is 0 Å². The lowest BCUT2D eigenvalue weighted by Crippen LogP contribution is -2.04. The van der Waals surface area contributed by atoms with E-state index in [9.17, 15) is 0 Å². The van der Waals surface area contributed by atoms with Crippen LogP contribution in [0.3, 0.4) is 0 Å². The summed E-state index contributed by atoms with van der Waals surface area (Å²) in [6, 6.07) is 5.56. The Morgan fingerprint density at radius 1 is 1.50 bits per heavy atom. The van der Waals surface area contributed by atoms with Crippen molar-refractivity contribution in [1.29, 1.82) is 5.41 Å². The smallest absolute Gasteiger partial charge is 0.229 e. The van der Waals surface area contributed by atoms with Crippen LogP contribution in [0.2, 0.25) is 0 Å². The molecule has 0 radical (unpaired) electrons. The second kappa shape index (κ2) is 4.62. The van der Waals surface area contributed by atoms with Gasteiger partial charge in [0.05, 0.1) is 13.5 Å². The summed E-state index contributed by atoms with van der Waals surface area (Å²) in [5.41, 5.74) is 1.90. The van der Waals surface area contributed by atoms with Gasteiger partial charge in [0.25, 0.3) is 0 Å². The van der Waals surface area contributed by atoms with E-state index in [1.165, 1.54) is 0 Å². The second-order valence-electron chi connectivity index (χ2n) is 3.00. The van der Waals surface area contributed by atoms with Crippen LogP contribution in [0.4, 0.5) is 0 Å². The first kappa shape index (κ1) is 10.5. The van der Waals surface area contributed by atoms with Crippen LogP contribution in [0, 0.1) is 12.3 Å². The van der Waals surface area contributed by atoms with Gasteiger partial charge in [-0.05, 0) is 24.1 Å². The van der Waals surface area contributed by atoms with Crippen LogP contribution in [0.15, 0.2) is 18.2 Å². The van der Waals surface area contributed by atoms with Gasteiger partial charge >= 0.3 is 0 Å². The molecule has 4 heteroatoms. The predicted octanol–water partition coefficient (Wildman–Crippen LogP) is 2.01. The van der Waals surface area contributed by atoms with Gasteiger partial charge in [0.2, 0.25) is 5.90 Å². The third-order valence-corrected chi connectivity index (χ3v) is 1.93. The number of ether oxygens (including phenoxy) is 1. The Balaban J connectivity index is 2.81. The summed E-state index contributed by atoms with van der Waals surface area (Å²) in [6.45, 7) is 1.92. The second-order valence-corrected chi connectivity index (χ2v) is 3.00. The van der Waals surface area contributed by atoms with Crippen molar-refractivity contribution in [3.63, 3.8) is 0 Å². The molecule has 0 unspecified atom stereocenters. The Morgan fingerprint density at radius 3 is 2.71 bits per heavy atom. The Labute approximate surface area is 82.5 Å². The topological polar surface area (TPSA) is 62.5 Å². The molecule has 0 aliphatic heterocycles. The molecule has 0 aromatic heterocycles. The summed E-state index contributed by atoms with van der Waals surface area (Å²) >= 11 is 0. The largest absolute Gasteiger partial charge is 0.496 e. The summed E-state index contributed by atoms with van der Waals surface area (Å²) in [5, 5.41) is 15.4. The highest BCUT2D eigenvalue weighted by molar-refractivity contribution is 5.74. The highest BCUT2D eigenvalue weighted by atomic mass is 17.1. The van der Waals surface area contributed by atoms with Gasteiger partial charge < -0.3 is 9.62 Å². The fourth-order valence-corrected chi connectivity index (χ4v) is 1.27. The molecule has 0 saturated heterocycles. The molecule has 4 nitrogen and oxygen atoms in total. The molecule has 0 bridgehead atoms. The lowest BCUT2D eigenvalue weighted by molar-refractivity contribution is -0.157. The maximum atomic E-state index is 8.22. The SMILES string of the molecule is COc1ccc(CC(=N)OO)cc1C. The Kier molecular flexibility index (Phi) is 3.48. The third kappa shape index (κ3) is 2.47. The molecule has 14 heavy (non-hydrogen) atoms. The van der Waals surface area contributed by atoms with E-state index in [4.69, 9.17) is 15.4 Å². The Morgan fingerprint density at radius 2 is 2.21 bits per heavy atom. The first-order valence-corrected chi connectivity index (χ1v) is 4.19. The Hall–Kier alpha value is -1.55. The molecule has 76 valence electrons. The van der Waals surface area contributed by atoms with Crippen molar-refractivity contribution in [2.45, 2.75) is 13.3 Å². The number of hydrogen-bond donors (Lipinski definition) is 2. The fraction of sp³-hybridized carbons (Fsp3) is 0.300. The van der Waals surface area contributed by atoms with Crippen molar-refractivity contribution in [2.75, 3.05) is 7.11 Å². The van der Waals surface area contributed by atoms with Gasteiger partial charge in [0.1, 0.15) is 5.75 Å². The quantitative estimate of drug-likeness (QED) is 0.335. The van der Waals surface area contributed by atoms with E-state index in [1.54, 1.807) is 7.11 Å². The van der Waals surface area contributed by atoms with Crippen LogP contribution in [-0.2, 0) is 11.3 Å². The summed E-state index contributed by atoms with van der Waals surface area (Å²) in [5.74, 6) is 0.639. The van der Waals surface area contributed by atoms with Crippen LogP contribution in [0.5, 0.6) is 5.75 Å². The minimum atomic E-state index is -0.172. The minimum absolute atomic E-state index is 0.172. The molecule has 2 N–H and O–H groups in total. The molecule has 0 atom stereocenters. The molecular formula is C10H13NO3. The summed E-state index contributed by atoms with van der Waals surface area (Å²) < 4.78 is 5.10. The van der Waals surface area contributed by atoms with Gasteiger partial charge in [-0.3, -0.25) is 5.41 Å². The van der Waals surface area contributed by atoms with Crippen molar-refractivity contribution in [1.82, 2.24) is 0 Å². The van der Waals surface area contributed by atoms with Crippen LogP contribution in [-0.4, -0.2) is 18.3 Å². The average molecular weight is 195 g/mol. The zero-order valence-corrected chi connectivity index (χ0v) is 8.20. The van der Waals surface area contributed by atoms with Gasteiger partial charge in [-0.15, -0.1) is 0 Å². The monoisotopic (exact) mass is 195 g/mol. The third-order valence-electron chi connectivity index (χ3n) is 1.93. The van der Waals surface area contributed by atoms with Crippen molar-refractivity contribution in [2.24, 2.45) is 0 Å². The molecule has 1 aromatic carbocycles. The van der Waals surface area contributed by atoms with E-state index in [0.29, 0.717) is 0 Å². The van der Waals surface area contributed by atoms with Crippen molar-refractivity contribution < 1.29 is 14.9 Å². The zero-order chi connectivity index (χ0) is 10.6. The molecular weight excluding hydrogens is 182 g/mol. The maximum absolute atomic E-state index is 8.22. The molecule has 0 aliphatic carbocycles. The summed E-state index contributed by atoms with van der Waals surface area (Å²) in [7, 11) is 1.61. The fourth-order valence-electron chi connectivity index (χ4n) is 1.27. The number of rotatable bonds is 3. The number of methoxy groups -OCH3 is 1. The zero-order valence-electron chi connectivity index (χ0n) is 8.20. The standard InChI is InChI=1S/C10H13NO3/c1-7-5-8(6-10(11)14-12)3-4-9(7)13-2/h3-5,11-12H,6H2,1-2H3. The van der Waals surface area contributed by atoms with Gasteiger partial charge in [-0.1, -0.05) is 12.1 Å². The maximum Gasteiger partial charge on any atom is 0.229 e. The number of benzene rings is 1. The molecule has 0 fully saturated rings. The van der Waals surface area contributed by atoms with E-state index < -0.39 is 0 Å². The summed E-state index contributed by atoms with van der Waals surface area (Å²) in [6.07, 6.45) is 0.279. The van der Waals surface area contributed by atoms with E-state index in [0.717, 1.165) is 16.9 Å².